The first-order valence-corrected chi connectivity index (χ1v) is 8.71. The van der Waals surface area contributed by atoms with Crippen LogP contribution in [0.2, 0.25) is 5.02 Å². The molecular weight excluding hydrogens is 331 g/mol. The topological polar surface area (TPSA) is 63.4 Å². The van der Waals surface area contributed by atoms with Gasteiger partial charge in [-0.15, -0.1) is 0 Å². The average molecular weight is 345 g/mol. The Morgan fingerprint density at radius 2 is 2.18 bits per heavy atom. The molecule has 2 heterocycles. The molecule has 3 rings (SSSR count). The van der Waals surface area contributed by atoms with Crippen LogP contribution in [0.1, 0.15) is 22.6 Å². The summed E-state index contributed by atoms with van der Waals surface area (Å²) in [5, 5.41) is 4.03. The van der Waals surface area contributed by atoms with E-state index in [2.05, 4.69) is 5.16 Å². The lowest BCUT2D eigenvalue weighted by Crippen LogP contribution is -2.36. The van der Waals surface area contributed by atoms with E-state index in [4.69, 9.17) is 16.1 Å². The Morgan fingerprint density at radius 3 is 2.86 bits per heavy atom. The molecule has 0 radical (unpaired) electrons. The van der Waals surface area contributed by atoms with Gasteiger partial charge in [-0.2, -0.15) is 4.31 Å². The number of hydrogen-bond acceptors (Lipinski definition) is 4. The second-order valence-corrected chi connectivity index (χ2v) is 7.68. The van der Waals surface area contributed by atoms with E-state index in [1.807, 2.05) is 0 Å². The molecule has 0 unspecified atom stereocenters. The summed E-state index contributed by atoms with van der Waals surface area (Å²) >= 11 is 6.01. The Morgan fingerprint density at radius 1 is 1.41 bits per heavy atom. The highest BCUT2D eigenvalue weighted by molar-refractivity contribution is 7.88. The minimum atomic E-state index is -3.56. The number of hydrogen-bond donors (Lipinski definition) is 0. The van der Waals surface area contributed by atoms with Gasteiger partial charge in [0, 0.05) is 24.2 Å². The maximum atomic E-state index is 13.5. The van der Waals surface area contributed by atoms with E-state index in [-0.39, 0.29) is 12.3 Å². The molecule has 0 aliphatic carbocycles. The summed E-state index contributed by atoms with van der Waals surface area (Å²) in [6.45, 7) is 2.15. The van der Waals surface area contributed by atoms with E-state index in [1.54, 1.807) is 13.0 Å². The van der Waals surface area contributed by atoms with Crippen LogP contribution in [-0.4, -0.2) is 24.4 Å². The second-order valence-electron chi connectivity index (χ2n) is 5.30. The molecule has 0 bridgehead atoms. The minimum Gasteiger partial charge on any atom is -0.360 e. The van der Waals surface area contributed by atoms with Crippen LogP contribution in [0.15, 0.2) is 22.7 Å². The number of aromatic nitrogens is 1. The third-order valence-electron chi connectivity index (χ3n) is 3.61. The Balaban J connectivity index is 1.84. The fourth-order valence-electron chi connectivity index (χ4n) is 2.58. The van der Waals surface area contributed by atoms with E-state index in [0.29, 0.717) is 35.0 Å². The third kappa shape index (κ3) is 3.02. The first-order chi connectivity index (χ1) is 10.3. The van der Waals surface area contributed by atoms with Crippen LogP contribution in [0.3, 0.4) is 0 Å². The highest BCUT2D eigenvalue weighted by atomic mass is 35.5. The number of benzene rings is 1. The maximum Gasteiger partial charge on any atom is 0.221 e. The van der Waals surface area contributed by atoms with Crippen molar-refractivity contribution in [2.45, 2.75) is 25.6 Å². The smallest absolute Gasteiger partial charge is 0.221 e. The number of rotatable bonds is 3. The average Bonchev–Trinajstić information content (AvgIpc) is 2.82. The molecule has 0 saturated carbocycles. The van der Waals surface area contributed by atoms with Crippen LogP contribution in [0.25, 0.3) is 0 Å². The summed E-state index contributed by atoms with van der Waals surface area (Å²) in [6.07, 6.45) is 0.461. The summed E-state index contributed by atoms with van der Waals surface area (Å²) in [5.41, 5.74) is 2.04. The molecule has 22 heavy (non-hydrogen) atoms. The van der Waals surface area contributed by atoms with Crippen LogP contribution in [-0.2, 0) is 28.7 Å². The van der Waals surface area contributed by atoms with E-state index in [1.165, 1.54) is 16.4 Å². The quantitative estimate of drug-likeness (QED) is 0.858. The van der Waals surface area contributed by atoms with Crippen LogP contribution in [0, 0.1) is 12.7 Å². The van der Waals surface area contributed by atoms with Gasteiger partial charge < -0.3 is 4.52 Å². The summed E-state index contributed by atoms with van der Waals surface area (Å²) in [6, 6.07) is 4.18. The highest BCUT2D eigenvalue weighted by Crippen LogP contribution is 2.29. The van der Waals surface area contributed by atoms with Gasteiger partial charge in [-0.25, -0.2) is 12.8 Å². The van der Waals surface area contributed by atoms with Crippen molar-refractivity contribution in [2.24, 2.45) is 0 Å². The zero-order valence-electron chi connectivity index (χ0n) is 11.8. The standard InChI is InChI=1S/C14H14ClFN2O3S/c1-9-4-12(21-17-9)8-22(19,20)18-3-2-13-10(7-18)5-11(16)6-14(13)15/h4-6H,2-3,7-8H2,1H3. The molecule has 0 fully saturated rings. The first kappa shape index (κ1) is 15.5. The fraction of sp³-hybridized carbons (Fsp3) is 0.357. The number of halogens is 2. The Kier molecular flexibility index (Phi) is 3.96. The van der Waals surface area contributed by atoms with E-state index < -0.39 is 15.8 Å². The zero-order chi connectivity index (χ0) is 15.9. The highest BCUT2D eigenvalue weighted by Gasteiger charge is 2.29. The molecule has 0 amide bonds. The van der Waals surface area contributed by atoms with Gasteiger partial charge in [-0.05, 0) is 36.6 Å². The van der Waals surface area contributed by atoms with Crippen LogP contribution in [0.4, 0.5) is 4.39 Å². The molecule has 1 aliphatic heterocycles. The molecule has 1 aromatic carbocycles. The van der Waals surface area contributed by atoms with Crippen LogP contribution < -0.4 is 0 Å². The lowest BCUT2D eigenvalue weighted by molar-refractivity contribution is 0.369. The van der Waals surface area contributed by atoms with E-state index in [9.17, 15) is 12.8 Å². The second kappa shape index (κ2) is 5.64. The van der Waals surface area contributed by atoms with Crippen molar-refractivity contribution in [2.75, 3.05) is 6.54 Å². The summed E-state index contributed by atoms with van der Waals surface area (Å²) in [7, 11) is -3.56. The Bertz CT molecular complexity index is 819. The number of aryl methyl sites for hydroxylation is 1. The number of fused-ring (bicyclic) bond motifs is 1. The van der Waals surface area contributed by atoms with Crippen molar-refractivity contribution in [3.8, 4) is 0 Å². The van der Waals surface area contributed by atoms with Crippen molar-refractivity contribution in [3.63, 3.8) is 0 Å². The molecular formula is C14H14ClFN2O3S. The van der Waals surface area contributed by atoms with Gasteiger partial charge in [0.25, 0.3) is 0 Å². The van der Waals surface area contributed by atoms with Gasteiger partial charge in [0.15, 0.2) is 5.76 Å². The predicted octanol–water partition coefficient (Wildman–Crippen LogP) is 2.66. The molecule has 1 aliphatic rings. The van der Waals surface area contributed by atoms with Crippen LogP contribution >= 0.6 is 11.6 Å². The van der Waals surface area contributed by atoms with Crippen molar-refractivity contribution in [1.82, 2.24) is 9.46 Å². The molecule has 0 saturated heterocycles. The molecule has 2 aromatic rings. The molecule has 1 aromatic heterocycles. The summed E-state index contributed by atoms with van der Waals surface area (Å²) in [4.78, 5) is 0. The number of nitrogens with zero attached hydrogens (tertiary/aromatic N) is 2. The van der Waals surface area contributed by atoms with E-state index in [0.717, 1.165) is 5.56 Å². The van der Waals surface area contributed by atoms with Crippen molar-refractivity contribution < 1.29 is 17.3 Å². The molecule has 0 atom stereocenters. The number of sulfonamides is 1. The van der Waals surface area contributed by atoms with E-state index >= 15 is 0 Å². The minimum absolute atomic E-state index is 0.113. The molecule has 0 spiro atoms. The normalized spacial score (nSPS) is 15.8. The SMILES string of the molecule is Cc1cc(CS(=O)(=O)N2CCc3c(Cl)cc(F)cc3C2)on1. The van der Waals surface area contributed by atoms with Gasteiger partial charge in [0.2, 0.25) is 10.0 Å². The Labute approximate surface area is 132 Å². The van der Waals surface area contributed by atoms with Gasteiger partial charge in [0.05, 0.1) is 5.69 Å². The van der Waals surface area contributed by atoms with Crippen LogP contribution in [0.5, 0.6) is 0 Å². The molecule has 8 heteroatoms. The van der Waals surface area contributed by atoms with Gasteiger partial charge >= 0.3 is 0 Å². The van der Waals surface area contributed by atoms with Crippen molar-refractivity contribution in [1.29, 1.82) is 0 Å². The van der Waals surface area contributed by atoms with Crippen molar-refractivity contribution in [3.05, 3.63) is 51.6 Å². The van der Waals surface area contributed by atoms with Gasteiger partial charge in [-0.1, -0.05) is 16.8 Å². The lowest BCUT2D eigenvalue weighted by atomic mass is 10.0. The monoisotopic (exact) mass is 344 g/mol. The van der Waals surface area contributed by atoms with Gasteiger partial charge in [-0.3, -0.25) is 0 Å². The fourth-order valence-corrected chi connectivity index (χ4v) is 4.28. The predicted molar refractivity (Wildman–Crippen MR) is 79.4 cm³/mol. The summed E-state index contributed by atoms with van der Waals surface area (Å²) < 4.78 is 44.6. The zero-order valence-corrected chi connectivity index (χ0v) is 13.4. The Hall–Kier alpha value is -1.44. The summed E-state index contributed by atoms with van der Waals surface area (Å²) in [5.74, 6) is -0.430. The lowest BCUT2D eigenvalue weighted by Gasteiger charge is -2.28. The molecule has 0 N–H and O–H groups in total. The molecule has 5 nitrogen and oxygen atoms in total. The first-order valence-electron chi connectivity index (χ1n) is 6.72. The largest absolute Gasteiger partial charge is 0.360 e. The molecule has 118 valence electrons. The van der Waals surface area contributed by atoms with Gasteiger partial charge in [0.1, 0.15) is 11.6 Å². The van der Waals surface area contributed by atoms with Crippen molar-refractivity contribution >= 4 is 21.6 Å². The third-order valence-corrected chi connectivity index (χ3v) is 5.69. The maximum absolute atomic E-state index is 13.5.